The van der Waals surface area contributed by atoms with Crippen molar-refractivity contribution in [2.75, 3.05) is 13.9 Å². The number of nitrogens with zero attached hydrogens (tertiary/aromatic N) is 1. The Morgan fingerprint density at radius 2 is 1.83 bits per heavy atom. The largest absolute Gasteiger partial charge is 0.493 e. The van der Waals surface area contributed by atoms with Gasteiger partial charge in [-0.1, -0.05) is 34.1 Å². The molecule has 0 radical (unpaired) electrons. The number of ether oxygens (including phenoxy) is 4. The second-order valence-corrected chi connectivity index (χ2v) is 7.48. The topological polar surface area (TPSA) is 60.7 Å². The molecule has 150 valence electrons. The van der Waals surface area contributed by atoms with Gasteiger partial charge in [-0.05, 0) is 65.2 Å². The molecule has 3 aromatic carbocycles. The molecule has 30 heavy (non-hydrogen) atoms. The number of allylic oxidation sites excluding steroid dienone is 1. The number of methoxy groups -OCH3 is 1. The summed E-state index contributed by atoms with van der Waals surface area (Å²) in [5.74, 6) is 2.57. The van der Waals surface area contributed by atoms with Crippen molar-refractivity contribution in [3.05, 3.63) is 81.8 Å². The molecule has 0 bridgehead atoms. The summed E-state index contributed by atoms with van der Waals surface area (Å²) in [5.41, 5.74) is 3.16. The van der Waals surface area contributed by atoms with Crippen molar-refractivity contribution >= 4 is 27.6 Å². The van der Waals surface area contributed by atoms with E-state index in [-0.39, 0.29) is 6.79 Å². The molecule has 0 unspecified atom stereocenters. The lowest BCUT2D eigenvalue weighted by Gasteiger charge is -2.12. The van der Waals surface area contributed by atoms with Crippen LogP contribution in [0.1, 0.15) is 16.7 Å². The first-order chi connectivity index (χ1) is 14.7. The van der Waals surface area contributed by atoms with Crippen LogP contribution in [0.25, 0.3) is 11.6 Å². The maximum atomic E-state index is 9.65. The lowest BCUT2D eigenvalue weighted by molar-refractivity contribution is 0.174. The average Bonchev–Trinajstić information content (AvgIpc) is 3.25. The third kappa shape index (κ3) is 4.42. The van der Waals surface area contributed by atoms with E-state index in [1.807, 2.05) is 60.7 Å². The third-order valence-corrected chi connectivity index (χ3v) is 5.14. The molecular formula is C24H18BrNO4. The zero-order valence-corrected chi connectivity index (χ0v) is 17.8. The molecule has 0 fully saturated rings. The van der Waals surface area contributed by atoms with Crippen molar-refractivity contribution in [2.45, 2.75) is 6.61 Å². The van der Waals surface area contributed by atoms with Crippen LogP contribution in [-0.2, 0) is 6.61 Å². The predicted octanol–water partition coefficient (Wildman–Crippen LogP) is 5.83. The van der Waals surface area contributed by atoms with Crippen molar-refractivity contribution in [1.82, 2.24) is 0 Å². The first kappa shape index (κ1) is 19.9. The Kier molecular flexibility index (Phi) is 5.92. The normalized spacial score (nSPS) is 12.4. The summed E-state index contributed by atoms with van der Waals surface area (Å²) in [7, 11) is 1.60. The Balaban J connectivity index is 1.55. The molecule has 0 atom stereocenters. The van der Waals surface area contributed by atoms with Gasteiger partial charge < -0.3 is 18.9 Å². The van der Waals surface area contributed by atoms with Gasteiger partial charge in [-0.2, -0.15) is 5.26 Å². The van der Waals surface area contributed by atoms with Gasteiger partial charge in [-0.3, -0.25) is 0 Å². The molecule has 0 aliphatic carbocycles. The lowest BCUT2D eigenvalue weighted by Crippen LogP contribution is -1.98. The monoisotopic (exact) mass is 463 g/mol. The van der Waals surface area contributed by atoms with Gasteiger partial charge in [0.2, 0.25) is 6.79 Å². The first-order valence-electron chi connectivity index (χ1n) is 9.23. The van der Waals surface area contributed by atoms with Crippen LogP contribution in [0.4, 0.5) is 0 Å². The highest BCUT2D eigenvalue weighted by molar-refractivity contribution is 9.10. The maximum absolute atomic E-state index is 9.65. The van der Waals surface area contributed by atoms with E-state index in [4.69, 9.17) is 18.9 Å². The summed E-state index contributed by atoms with van der Waals surface area (Å²) in [6.07, 6.45) is 1.80. The SMILES string of the molecule is COc1cc(/C=C(/C#N)c2ccc3c(c2)OCO3)ccc1OCc1ccc(Br)cc1. The van der Waals surface area contributed by atoms with Crippen molar-refractivity contribution in [2.24, 2.45) is 0 Å². The highest BCUT2D eigenvalue weighted by Crippen LogP contribution is 2.35. The molecule has 0 aromatic heterocycles. The van der Waals surface area contributed by atoms with E-state index in [1.165, 1.54) is 0 Å². The van der Waals surface area contributed by atoms with Gasteiger partial charge in [-0.15, -0.1) is 0 Å². The molecule has 1 heterocycles. The molecule has 0 saturated heterocycles. The molecule has 0 amide bonds. The number of hydrogen-bond donors (Lipinski definition) is 0. The van der Waals surface area contributed by atoms with Crippen LogP contribution in [0.5, 0.6) is 23.0 Å². The second-order valence-electron chi connectivity index (χ2n) is 6.56. The second kappa shape index (κ2) is 8.93. The van der Waals surface area contributed by atoms with Crippen molar-refractivity contribution in [3.8, 4) is 29.1 Å². The third-order valence-electron chi connectivity index (χ3n) is 4.61. The quantitative estimate of drug-likeness (QED) is 0.339. The van der Waals surface area contributed by atoms with E-state index in [2.05, 4.69) is 22.0 Å². The lowest BCUT2D eigenvalue weighted by atomic mass is 10.0. The zero-order chi connectivity index (χ0) is 20.9. The van der Waals surface area contributed by atoms with Gasteiger partial charge in [0.05, 0.1) is 18.8 Å². The highest BCUT2D eigenvalue weighted by atomic mass is 79.9. The van der Waals surface area contributed by atoms with E-state index in [0.29, 0.717) is 35.2 Å². The summed E-state index contributed by atoms with van der Waals surface area (Å²) in [4.78, 5) is 0. The number of rotatable bonds is 6. The van der Waals surface area contributed by atoms with Gasteiger partial charge in [0.1, 0.15) is 6.61 Å². The van der Waals surface area contributed by atoms with Crippen LogP contribution in [0, 0.1) is 11.3 Å². The predicted molar refractivity (Wildman–Crippen MR) is 118 cm³/mol. The molecule has 1 aliphatic rings. The smallest absolute Gasteiger partial charge is 0.231 e. The van der Waals surface area contributed by atoms with Gasteiger partial charge in [-0.25, -0.2) is 0 Å². The van der Waals surface area contributed by atoms with Crippen molar-refractivity contribution < 1.29 is 18.9 Å². The molecular weight excluding hydrogens is 446 g/mol. The zero-order valence-electron chi connectivity index (χ0n) is 16.2. The van der Waals surface area contributed by atoms with Crippen LogP contribution in [-0.4, -0.2) is 13.9 Å². The minimum Gasteiger partial charge on any atom is -0.493 e. The number of fused-ring (bicyclic) bond motifs is 1. The van der Waals surface area contributed by atoms with E-state index in [9.17, 15) is 5.26 Å². The number of hydrogen-bond acceptors (Lipinski definition) is 5. The van der Waals surface area contributed by atoms with Crippen molar-refractivity contribution in [3.63, 3.8) is 0 Å². The Bertz CT molecular complexity index is 1130. The summed E-state index contributed by atoms with van der Waals surface area (Å²) in [6, 6.07) is 21.2. The molecule has 4 rings (SSSR count). The summed E-state index contributed by atoms with van der Waals surface area (Å²) in [6.45, 7) is 0.628. The van der Waals surface area contributed by atoms with Crippen LogP contribution < -0.4 is 18.9 Å². The molecule has 0 N–H and O–H groups in total. The minimum atomic E-state index is 0.198. The number of nitriles is 1. The van der Waals surface area contributed by atoms with Gasteiger partial charge in [0.15, 0.2) is 23.0 Å². The van der Waals surface area contributed by atoms with Crippen molar-refractivity contribution in [1.29, 1.82) is 5.26 Å². The molecule has 0 spiro atoms. The van der Waals surface area contributed by atoms with Gasteiger partial charge in [0, 0.05) is 4.47 Å². The Morgan fingerprint density at radius 3 is 2.60 bits per heavy atom. The van der Waals surface area contributed by atoms with E-state index in [0.717, 1.165) is 21.2 Å². The standard InChI is InChI=1S/C24H18BrNO4/c1-27-23-11-17(4-8-21(23)28-14-16-2-6-20(25)7-3-16)10-19(13-26)18-5-9-22-24(12-18)30-15-29-22/h2-12H,14-15H2,1H3/b19-10-. The minimum absolute atomic E-state index is 0.198. The van der Waals surface area contributed by atoms with Crippen LogP contribution in [0.3, 0.4) is 0 Å². The average molecular weight is 464 g/mol. The fraction of sp³-hybridized carbons (Fsp3) is 0.125. The molecule has 0 saturated carbocycles. The molecule has 6 heteroatoms. The van der Waals surface area contributed by atoms with E-state index in [1.54, 1.807) is 13.2 Å². The number of benzene rings is 3. The van der Waals surface area contributed by atoms with Crippen LogP contribution in [0.2, 0.25) is 0 Å². The summed E-state index contributed by atoms with van der Waals surface area (Å²) < 4.78 is 23.2. The molecule has 1 aliphatic heterocycles. The van der Waals surface area contributed by atoms with Crippen LogP contribution >= 0.6 is 15.9 Å². The van der Waals surface area contributed by atoms with Gasteiger partial charge >= 0.3 is 0 Å². The first-order valence-corrected chi connectivity index (χ1v) is 10.0. The fourth-order valence-corrected chi connectivity index (χ4v) is 3.31. The summed E-state index contributed by atoms with van der Waals surface area (Å²) >= 11 is 3.43. The number of halogens is 1. The van der Waals surface area contributed by atoms with E-state index >= 15 is 0 Å². The molecule has 3 aromatic rings. The maximum Gasteiger partial charge on any atom is 0.231 e. The Labute approximate surface area is 183 Å². The van der Waals surface area contributed by atoms with Gasteiger partial charge in [0.25, 0.3) is 0 Å². The Morgan fingerprint density at radius 1 is 1.03 bits per heavy atom. The molecule has 5 nitrogen and oxygen atoms in total. The fourth-order valence-electron chi connectivity index (χ4n) is 3.05. The van der Waals surface area contributed by atoms with Crippen LogP contribution in [0.15, 0.2) is 65.1 Å². The highest BCUT2D eigenvalue weighted by Gasteiger charge is 2.15. The Hall–Kier alpha value is -3.43. The summed E-state index contributed by atoms with van der Waals surface area (Å²) in [5, 5.41) is 9.65. The van der Waals surface area contributed by atoms with E-state index < -0.39 is 0 Å².